The van der Waals surface area contributed by atoms with Crippen LogP contribution in [0.25, 0.3) is 0 Å². The van der Waals surface area contributed by atoms with E-state index in [2.05, 4.69) is 11.6 Å². The summed E-state index contributed by atoms with van der Waals surface area (Å²) < 4.78 is 0. The maximum Gasteiger partial charge on any atom is 0.123 e. The molecule has 0 radical (unpaired) electrons. The fraction of sp³-hybridized carbons (Fsp3) is 0.375. The van der Waals surface area contributed by atoms with Gasteiger partial charge in [-0.1, -0.05) is 24.3 Å². The van der Waals surface area contributed by atoms with Gasteiger partial charge in [0, 0.05) is 6.54 Å². The van der Waals surface area contributed by atoms with Crippen LogP contribution in [-0.4, -0.2) is 11.7 Å². The number of rotatable bonds is 3. The molecule has 0 aromatic carbocycles. The van der Waals surface area contributed by atoms with Gasteiger partial charge in [-0.05, 0) is 25.5 Å². The predicted octanol–water partition coefficient (Wildman–Crippen LogP) is 2.78. The molecule has 0 saturated carbocycles. The van der Waals surface area contributed by atoms with Crippen LogP contribution in [0.4, 0.5) is 0 Å². The van der Waals surface area contributed by atoms with Gasteiger partial charge in [-0.3, -0.25) is 4.99 Å². The van der Waals surface area contributed by atoms with Crippen LogP contribution in [0.3, 0.4) is 0 Å². The molecule has 0 amide bonds. The molecule has 0 aromatic rings. The van der Waals surface area contributed by atoms with Crippen molar-refractivity contribution in [3.63, 3.8) is 0 Å². The van der Waals surface area contributed by atoms with Crippen LogP contribution in [0, 0.1) is 0 Å². The normalized spacial score (nSPS) is 13.5. The van der Waals surface area contributed by atoms with E-state index in [0.717, 1.165) is 12.1 Å². The first kappa shape index (κ1) is 9.44. The molecule has 0 bridgehead atoms. The maximum absolute atomic E-state index is 5.68. The van der Waals surface area contributed by atoms with Gasteiger partial charge in [0.15, 0.2) is 0 Å². The van der Waals surface area contributed by atoms with E-state index in [9.17, 15) is 0 Å². The molecule has 0 unspecified atom stereocenters. The van der Waals surface area contributed by atoms with Crippen molar-refractivity contribution in [3.05, 3.63) is 24.3 Å². The third-order valence-electron chi connectivity index (χ3n) is 0.978. The summed E-state index contributed by atoms with van der Waals surface area (Å²) in [5.41, 5.74) is 1.03. The second-order valence-electron chi connectivity index (χ2n) is 1.89. The van der Waals surface area contributed by atoms with E-state index in [4.69, 9.17) is 11.6 Å². The van der Waals surface area contributed by atoms with Crippen molar-refractivity contribution in [2.45, 2.75) is 13.8 Å². The van der Waals surface area contributed by atoms with Gasteiger partial charge in [-0.15, -0.1) is 0 Å². The summed E-state index contributed by atoms with van der Waals surface area (Å²) in [6.45, 7) is 8.19. The lowest BCUT2D eigenvalue weighted by Gasteiger charge is -1.89. The third-order valence-corrected chi connectivity index (χ3v) is 1.21. The van der Waals surface area contributed by atoms with E-state index >= 15 is 0 Å². The zero-order chi connectivity index (χ0) is 7.98. The average Bonchev–Trinajstić information content (AvgIpc) is 1.88. The van der Waals surface area contributed by atoms with E-state index in [0.29, 0.717) is 5.17 Å². The summed E-state index contributed by atoms with van der Waals surface area (Å²) in [5, 5.41) is 0.542. The molecule has 0 heterocycles. The van der Waals surface area contributed by atoms with Crippen molar-refractivity contribution in [3.8, 4) is 0 Å². The molecule has 0 spiro atoms. The molecule has 0 aliphatic carbocycles. The summed E-state index contributed by atoms with van der Waals surface area (Å²) in [7, 11) is 0. The predicted molar refractivity (Wildman–Crippen MR) is 47.8 cm³/mol. The van der Waals surface area contributed by atoms with E-state index in [-0.39, 0.29) is 0 Å². The van der Waals surface area contributed by atoms with E-state index < -0.39 is 0 Å². The van der Waals surface area contributed by atoms with Crippen LogP contribution in [0.15, 0.2) is 29.3 Å². The summed E-state index contributed by atoms with van der Waals surface area (Å²) in [6, 6.07) is 0. The molecule has 0 aliphatic rings. The Hall–Kier alpha value is -0.560. The molecular weight excluding hydrogens is 146 g/mol. The number of nitrogens with zero attached hydrogens (tertiary/aromatic N) is 1. The van der Waals surface area contributed by atoms with Gasteiger partial charge in [-0.25, -0.2) is 0 Å². The Labute approximate surface area is 67.1 Å². The van der Waals surface area contributed by atoms with Gasteiger partial charge in [-0.2, -0.15) is 0 Å². The highest BCUT2D eigenvalue weighted by molar-refractivity contribution is 6.68. The fourth-order valence-electron chi connectivity index (χ4n) is 0.443. The lowest BCUT2D eigenvalue weighted by Crippen LogP contribution is -1.83. The molecule has 1 nitrogen and oxygen atoms in total. The Morgan fingerprint density at radius 3 is 2.70 bits per heavy atom. The van der Waals surface area contributed by atoms with Crippen LogP contribution >= 0.6 is 11.6 Å². The molecule has 2 heteroatoms. The van der Waals surface area contributed by atoms with Gasteiger partial charge in [0.1, 0.15) is 5.17 Å². The van der Waals surface area contributed by atoms with Crippen molar-refractivity contribution < 1.29 is 0 Å². The highest BCUT2D eigenvalue weighted by atomic mass is 35.5. The molecule has 0 N–H and O–H groups in total. The van der Waals surface area contributed by atoms with Gasteiger partial charge in [0.25, 0.3) is 0 Å². The minimum atomic E-state index is 0.542. The zero-order valence-electron chi connectivity index (χ0n) is 6.39. The first-order chi connectivity index (χ1) is 4.70. The Balaban J connectivity index is 4.11. The number of allylic oxidation sites excluding steroid dienone is 3. The Kier molecular flexibility index (Phi) is 4.95. The Morgan fingerprint density at radius 2 is 2.30 bits per heavy atom. The highest BCUT2D eigenvalue weighted by Gasteiger charge is 1.85. The third kappa shape index (κ3) is 4.33. The van der Waals surface area contributed by atoms with Crippen LogP contribution < -0.4 is 0 Å². The summed E-state index contributed by atoms with van der Waals surface area (Å²) in [5.74, 6) is 0. The number of halogens is 1. The first-order valence-corrected chi connectivity index (χ1v) is 3.59. The number of aliphatic imine (C=N–C) groups is 1. The van der Waals surface area contributed by atoms with Gasteiger partial charge >= 0.3 is 0 Å². The van der Waals surface area contributed by atoms with E-state index in [1.807, 2.05) is 13.8 Å². The van der Waals surface area contributed by atoms with Crippen molar-refractivity contribution in [1.29, 1.82) is 0 Å². The largest absolute Gasteiger partial charge is 0.273 e. The Bertz CT molecular complexity index is 168. The molecule has 0 aromatic heterocycles. The molecule has 0 saturated heterocycles. The Morgan fingerprint density at radius 1 is 1.70 bits per heavy atom. The maximum atomic E-state index is 5.68. The summed E-state index contributed by atoms with van der Waals surface area (Å²) >= 11 is 5.68. The van der Waals surface area contributed by atoms with Gasteiger partial charge in [0.2, 0.25) is 0 Å². The smallest absolute Gasteiger partial charge is 0.123 e. The summed E-state index contributed by atoms with van der Waals surface area (Å²) in [6.07, 6.45) is 3.53. The lowest BCUT2D eigenvalue weighted by molar-refractivity contribution is 1.14. The molecule has 0 fully saturated rings. The van der Waals surface area contributed by atoms with Crippen LogP contribution in [0.2, 0.25) is 0 Å². The van der Waals surface area contributed by atoms with Crippen LogP contribution in [-0.2, 0) is 0 Å². The summed E-state index contributed by atoms with van der Waals surface area (Å²) in [4.78, 5) is 3.97. The van der Waals surface area contributed by atoms with Crippen molar-refractivity contribution >= 4 is 16.8 Å². The van der Waals surface area contributed by atoms with Crippen LogP contribution in [0.5, 0.6) is 0 Å². The monoisotopic (exact) mass is 157 g/mol. The average molecular weight is 158 g/mol. The van der Waals surface area contributed by atoms with E-state index in [1.165, 1.54) is 0 Å². The first-order valence-electron chi connectivity index (χ1n) is 3.21. The minimum absolute atomic E-state index is 0.542. The fourth-order valence-corrected chi connectivity index (χ4v) is 0.735. The van der Waals surface area contributed by atoms with Crippen LogP contribution in [0.1, 0.15) is 13.8 Å². The quantitative estimate of drug-likeness (QED) is 0.441. The number of hydrogen-bond donors (Lipinski definition) is 0. The van der Waals surface area contributed by atoms with E-state index in [1.54, 1.807) is 12.2 Å². The SMILES string of the molecule is C=C/C(C)=C\C(Cl)=NCC. The molecule has 56 valence electrons. The standard InChI is InChI=1S/C8H12ClN/c1-4-7(3)6-8(9)10-5-2/h4,6H,1,5H2,2-3H3/b7-6-,10-8?. The van der Waals surface area contributed by atoms with Gasteiger partial charge < -0.3 is 0 Å². The van der Waals surface area contributed by atoms with Gasteiger partial charge in [0.05, 0.1) is 0 Å². The molecule has 0 atom stereocenters. The zero-order valence-corrected chi connectivity index (χ0v) is 7.15. The second-order valence-corrected chi connectivity index (χ2v) is 2.28. The molecule has 0 aliphatic heterocycles. The molecule has 0 rings (SSSR count). The van der Waals surface area contributed by atoms with Crippen molar-refractivity contribution in [1.82, 2.24) is 0 Å². The minimum Gasteiger partial charge on any atom is -0.273 e. The van der Waals surface area contributed by atoms with Crippen molar-refractivity contribution in [2.75, 3.05) is 6.54 Å². The molecule has 10 heavy (non-hydrogen) atoms. The lowest BCUT2D eigenvalue weighted by atomic mass is 10.3. The second kappa shape index (κ2) is 5.24. The topological polar surface area (TPSA) is 12.4 Å². The molecular formula is C8H12ClN. The van der Waals surface area contributed by atoms with Crippen molar-refractivity contribution in [2.24, 2.45) is 4.99 Å². The highest BCUT2D eigenvalue weighted by Crippen LogP contribution is 1.97. The number of hydrogen-bond acceptors (Lipinski definition) is 1.